The van der Waals surface area contributed by atoms with Crippen LogP contribution in [0, 0.1) is 12.3 Å². The van der Waals surface area contributed by atoms with Crippen LogP contribution in [-0.2, 0) is 0 Å². The second kappa shape index (κ2) is 6.88. The molecule has 1 atom stereocenters. The van der Waals surface area contributed by atoms with Gasteiger partial charge < -0.3 is 10.6 Å². The summed E-state index contributed by atoms with van der Waals surface area (Å²) in [6, 6.07) is 13.9. The van der Waals surface area contributed by atoms with Crippen LogP contribution in [0.4, 0.5) is 11.5 Å². The van der Waals surface area contributed by atoms with E-state index in [4.69, 9.17) is 5.41 Å². The molecule has 0 spiro atoms. The summed E-state index contributed by atoms with van der Waals surface area (Å²) in [5, 5.41) is 13.9. The summed E-state index contributed by atoms with van der Waals surface area (Å²) < 4.78 is 0. The van der Waals surface area contributed by atoms with Crippen molar-refractivity contribution in [2.45, 2.75) is 33.1 Å². The van der Waals surface area contributed by atoms with Gasteiger partial charge in [0.1, 0.15) is 5.82 Å². The van der Waals surface area contributed by atoms with Gasteiger partial charge in [-0.3, -0.25) is 5.41 Å². The fraction of sp³-hybridized carbons (Fsp3) is 0.294. The van der Waals surface area contributed by atoms with Crippen molar-refractivity contribution in [3.8, 4) is 0 Å². The maximum atomic E-state index is 7.95. The molecule has 4 nitrogen and oxygen atoms in total. The predicted octanol–water partition coefficient (Wildman–Crippen LogP) is 4.36. The van der Waals surface area contributed by atoms with Gasteiger partial charge in [0, 0.05) is 11.4 Å². The topological polar surface area (TPSA) is 60.8 Å². The minimum Gasteiger partial charge on any atom is -0.326 e. The molecule has 2 aromatic rings. The van der Waals surface area contributed by atoms with Gasteiger partial charge in [0.05, 0.1) is 0 Å². The maximum Gasteiger partial charge on any atom is 0.198 e. The third-order valence-electron chi connectivity index (χ3n) is 3.50. The van der Waals surface area contributed by atoms with Crippen LogP contribution in [0.2, 0.25) is 0 Å². The van der Waals surface area contributed by atoms with Crippen molar-refractivity contribution in [3.05, 3.63) is 53.7 Å². The first-order valence-electron chi connectivity index (χ1n) is 7.24. The van der Waals surface area contributed by atoms with Crippen molar-refractivity contribution in [2.75, 3.05) is 10.6 Å². The summed E-state index contributed by atoms with van der Waals surface area (Å²) >= 11 is 0. The molecule has 0 saturated carbocycles. The molecule has 1 heterocycles. The molecule has 1 aromatic heterocycles. The minimum atomic E-state index is 0.212. The third kappa shape index (κ3) is 4.31. The van der Waals surface area contributed by atoms with Gasteiger partial charge in [-0.25, -0.2) is 4.98 Å². The highest BCUT2D eigenvalue weighted by Gasteiger charge is 2.04. The van der Waals surface area contributed by atoms with E-state index in [0.29, 0.717) is 11.7 Å². The van der Waals surface area contributed by atoms with Crippen LogP contribution >= 0.6 is 0 Å². The molecule has 1 unspecified atom stereocenters. The molecule has 0 aliphatic heterocycles. The zero-order valence-corrected chi connectivity index (χ0v) is 12.8. The number of hydrogen-bond acceptors (Lipinski definition) is 2. The fourth-order valence-corrected chi connectivity index (χ4v) is 2.05. The lowest BCUT2D eigenvalue weighted by molar-refractivity contribution is 0.734. The Labute approximate surface area is 126 Å². The van der Waals surface area contributed by atoms with Crippen LogP contribution in [0.25, 0.3) is 0 Å². The predicted molar refractivity (Wildman–Crippen MR) is 89.1 cm³/mol. The molecule has 2 rings (SSSR count). The Balaban J connectivity index is 1.96. The highest BCUT2D eigenvalue weighted by atomic mass is 15.2. The summed E-state index contributed by atoms with van der Waals surface area (Å²) in [5.74, 6) is 1.45. The summed E-state index contributed by atoms with van der Waals surface area (Å²) in [6.07, 6.45) is 1.13. The molecule has 4 heteroatoms. The summed E-state index contributed by atoms with van der Waals surface area (Å²) in [6.45, 7) is 6.33. The number of pyridine rings is 1. The van der Waals surface area contributed by atoms with Gasteiger partial charge in [-0.1, -0.05) is 32.0 Å². The van der Waals surface area contributed by atoms with E-state index in [2.05, 4.69) is 41.6 Å². The van der Waals surface area contributed by atoms with Crippen molar-refractivity contribution >= 4 is 17.5 Å². The highest BCUT2D eigenvalue weighted by molar-refractivity contribution is 6.00. The van der Waals surface area contributed by atoms with E-state index in [9.17, 15) is 0 Å². The van der Waals surface area contributed by atoms with Crippen molar-refractivity contribution < 1.29 is 0 Å². The van der Waals surface area contributed by atoms with Crippen LogP contribution < -0.4 is 10.6 Å². The first-order chi connectivity index (χ1) is 10.1. The van der Waals surface area contributed by atoms with E-state index in [0.717, 1.165) is 17.8 Å². The van der Waals surface area contributed by atoms with Crippen LogP contribution in [0.1, 0.15) is 37.4 Å². The van der Waals surface area contributed by atoms with Crippen LogP contribution in [-0.4, -0.2) is 10.9 Å². The van der Waals surface area contributed by atoms with E-state index in [1.807, 2.05) is 37.3 Å². The Morgan fingerprint density at radius 3 is 2.48 bits per heavy atom. The molecule has 21 heavy (non-hydrogen) atoms. The number of nitrogens with one attached hydrogen (secondary N) is 3. The Hall–Kier alpha value is -2.36. The number of benzene rings is 1. The molecule has 3 N–H and O–H groups in total. The molecule has 0 radical (unpaired) electrons. The first-order valence-corrected chi connectivity index (χ1v) is 7.24. The standard InChI is InChI=1S/C17H22N4/c1-4-12(2)14-8-10-15(11-9-14)20-17(18)21-16-7-5-6-13(3)19-16/h5-12H,4H2,1-3H3,(H3,18,19,20,21). The van der Waals surface area contributed by atoms with Crippen LogP contribution in [0.15, 0.2) is 42.5 Å². The Bertz CT molecular complexity index is 604. The summed E-state index contributed by atoms with van der Waals surface area (Å²) in [5.41, 5.74) is 3.14. The number of rotatable bonds is 4. The molecule has 110 valence electrons. The van der Waals surface area contributed by atoms with E-state index in [1.165, 1.54) is 5.56 Å². The van der Waals surface area contributed by atoms with E-state index < -0.39 is 0 Å². The Morgan fingerprint density at radius 2 is 1.86 bits per heavy atom. The Morgan fingerprint density at radius 1 is 1.14 bits per heavy atom. The van der Waals surface area contributed by atoms with Crippen LogP contribution in [0.5, 0.6) is 0 Å². The van der Waals surface area contributed by atoms with Crippen molar-refractivity contribution in [3.63, 3.8) is 0 Å². The SMILES string of the molecule is CCC(C)c1ccc(NC(=N)Nc2cccc(C)n2)cc1. The normalized spacial score (nSPS) is 11.8. The van der Waals surface area contributed by atoms with Crippen LogP contribution in [0.3, 0.4) is 0 Å². The second-order valence-electron chi connectivity index (χ2n) is 5.22. The second-order valence-corrected chi connectivity index (χ2v) is 5.22. The third-order valence-corrected chi connectivity index (χ3v) is 3.50. The molecule has 0 saturated heterocycles. The molecule has 0 aliphatic rings. The van der Waals surface area contributed by atoms with Gasteiger partial charge in [0.15, 0.2) is 5.96 Å². The molecular weight excluding hydrogens is 260 g/mol. The van der Waals surface area contributed by atoms with Gasteiger partial charge in [-0.15, -0.1) is 0 Å². The molecular formula is C17H22N4. The van der Waals surface area contributed by atoms with Gasteiger partial charge >= 0.3 is 0 Å². The smallest absolute Gasteiger partial charge is 0.198 e. The average molecular weight is 282 g/mol. The lowest BCUT2D eigenvalue weighted by Crippen LogP contribution is -2.21. The molecule has 0 amide bonds. The monoisotopic (exact) mass is 282 g/mol. The minimum absolute atomic E-state index is 0.212. The van der Waals surface area contributed by atoms with Gasteiger partial charge in [-0.2, -0.15) is 0 Å². The van der Waals surface area contributed by atoms with Crippen molar-refractivity contribution in [1.82, 2.24) is 4.98 Å². The lowest BCUT2D eigenvalue weighted by atomic mass is 9.99. The zero-order chi connectivity index (χ0) is 15.2. The maximum absolute atomic E-state index is 7.95. The fourth-order valence-electron chi connectivity index (χ4n) is 2.05. The lowest BCUT2D eigenvalue weighted by Gasteiger charge is -2.12. The molecule has 1 aromatic carbocycles. The first kappa shape index (κ1) is 15.0. The molecule has 0 aliphatic carbocycles. The Kier molecular flexibility index (Phi) is 4.93. The van der Waals surface area contributed by atoms with Gasteiger partial charge in [-0.05, 0) is 49.1 Å². The highest BCUT2D eigenvalue weighted by Crippen LogP contribution is 2.20. The largest absolute Gasteiger partial charge is 0.326 e. The zero-order valence-electron chi connectivity index (χ0n) is 12.8. The number of nitrogens with zero attached hydrogens (tertiary/aromatic N) is 1. The summed E-state index contributed by atoms with van der Waals surface area (Å²) in [4.78, 5) is 4.31. The number of aryl methyl sites for hydroxylation is 1. The van der Waals surface area contributed by atoms with E-state index >= 15 is 0 Å². The summed E-state index contributed by atoms with van der Waals surface area (Å²) in [7, 11) is 0. The average Bonchev–Trinajstić information content (AvgIpc) is 2.47. The quantitative estimate of drug-likeness (QED) is 0.576. The molecule has 0 bridgehead atoms. The molecule has 0 fully saturated rings. The number of anilines is 2. The van der Waals surface area contributed by atoms with Crippen molar-refractivity contribution in [2.24, 2.45) is 0 Å². The number of hydrogen-bond donors (Lipinski definition) is 3. The van der Waals surface area contributed by atoms with Gasteiger partial charge in [0.2, 0.25) is 0 Å². The van der Waals surface area contributed by atoms with Gasteiger partial charge in [0.25, 0.3) is 0 Å². The van der Waals surface area contributed by atoms with E-state index in [-0.39, 0.29) is 5.96 Å². The van der Waals surface area contributed by atoms with E-state index in [1.54, 1.807) is 0 Å². The number of aromatic nitrogens is 1. The number of guanidine groups is 1. The van der Waals surface area contributed by atoms with Crippen molar-refractivity contribution in [1.29, 1.82) is 5.41 Å².